The highest BCUT2D eigenvalue weighted by Crippen LogP contribution is 2.12. The Bertz CT molecular complexity index is 412. The van der Waals surface area contributed by atoms with Crippen LogP contribution in [0.15, 0.2) is 29.2 Å². The molecule has 0 saturated heterocycles. The summed E-state index contributed by atoms with van der Waals surface area (Å²) in [6.07, 6.45) is 0. The minimum atomic E-state index is -3.35. The summed E-state index contributed by atoms with van der Waals surface area (Å²) in [5.41, 5.74) is 1.05. The monoisotopic (exact) mass is 291 g/mol. The van der Waals surface area contributed by atoms with Crippen LogP contribution in [0.4, 0.5) is 0 Å². The van der Waals surface area contributed by atoms with Gasteiger partial charge in [0.25, 0.3) is 0 Å². The molecule has 0 unspecified atom stereocenters. The highest BCUT2D eigenvalue weighted by molar-refractivity contribution is 9.08. The summed E-state index contributed by atoms with van der Waals surface area (Å²) >= 11 is 3.31. The molecule has 1 rings (SSSR count). The molecule has 0 amide bonds. The van der Waals surface area contributed by atoms with E-state index in [0.29, 0.717) is 4.90 Å². The minimum Gasteiger partial charge on any atom is -0.209 e. The van der Waals surface area contributed by atoms with E-state index in [-0.39, 0.29) is 6.04 Å². The third-order valence-corrected chi connectivity index (χ3v) is 4.10. The number of hydrogen-bond donors (Lipinski definition) is 1. The Hall–Kier alpha value is -0.390. The van der Waals surface area contributed by atoms with Gasteiger partial charge in [-0.2, -0.15) is 0 Å². The summed E-state index contributed by atoms with van der Waals surface area (Å²) in [5.74, 6) is 0. The molecule has 0 saturated carbocycles. The van der Waals surface area contributed by atoms with E-state index in [4.69, 9.17) is 0 Å². The van der Waals surface area contributed by atoms with E-state index in [0.717, 1.165) is 10.9 Å². The first-order valence-electron chi connectivity index (χ1n) is 4.63. The minimum absolute atomic E-state index is 0.0918. The Balaban J connectivity index is 2.96. The van der Waals surface area contributed by atoms with Crippen molar-refractivity contribution in [2.45, 2.75) is 30.1 Å². The number of alkyl halides is 1. The number of rotatable bonds is 4. The first-order valence-corrected chi connectivity index (χ1v) is 7.23. The summed E-state index contributed by atoms with van der Waals surface area (Å²) in [4.78, 5) is 0.306. The van der Waals surface area contributed by atoms with Gasteiger partial charge in [0.1, 0.15) is 0 Å². The van der Waals surface area contributed by atoms with Crippen LogP contribution in [0, 0.1) is 0 Å². The van der Waals surface area contributed by atoms with Crippen LogP contribution in [0.5, 0.6) is 0 Å². The van der Waals surface area contributed by atoms with Crippen LogP contribution < -0.4 is 4.72 Å². The summed E-state index contributed by atoms with van der Waals surface area (Å²) in [6, 6.07) is 6.72. The molecule has 0 fully saturated rings. The van der Waals surface area contributed by atoms with Crippen LogP contribution >= 0.6 is 15.9 Å². The maximum atomic E-state index is 11.7. The quantitative estimate of drug-likeness (QED) is 0.865. The van der Waals surface area contributed by atoms with E-state index in [1.807, 2.05) is 0 Å². The average Bonchev–Trinajstić information content (AvgIpc) is 2.16. The summed E-state index contributed by atoms with van der Waals surface area (Å²) in [6.45, 7) is 3.59. The molecule has 84 valence electrons. The molecule has 0 radical (unpaired) electrons. The van der Waals surface area contributed by atoms with Crippen molar-refractivity contribution in [1.82, 2.24) is 4.72 Å². The first-order chi connectivity index (χ1) is 6.95. The lowest BCUT2D eigenvalue weighted by Crippen LogP contribution is -2.30. The molecule has 1 N–H and O–H groups in total. The van der Waals surface area contributed by atoms with E-state index >= 15 is 0 Å². The number of sulfonamides is 1. The Kier molecular flexibility index (Phi) is 4.31. The third kappa shape index (κ3) is 3.59. The van der Waals surface area contributed by atoms with Gasteiger partial charge in [0, 0.05) is 11.4 Å². The van der Waals surface area contributed by atoms with Crippen molar-refractivity contribution in [1.29, 1.82) is 0 Å². The van der Waals surface area contributed by atoms with Crippen LogP contribution in [0.25, 0.3) is 0 Å². The molecular formula is C10H14BrNO2S. The lowest BCUT2D eigenvalue weighted by molar-refractivity contribution is 0.570. The lowest BCUT2D eigenvalue weighted by atomic mass is 10.2. The normalized spacial score (nSPS) is 12.0. The highest BCUT2D eigenvalue weighted by Gasteiger charge is 2.14. The Morgan fingerprint density at radius 2 is 1.80 bits per heavy atom. The van der Waals surface area contributed by atoms with E-state index in [9.17, 15) is 8.42 Å². The number of nitrogens with one attached hydrogen (secondary N) is 1. The SMILES string of the molecule is CC(C)NS(=O)(=O)c1ccc(CBr)cc1. The highest BCUT2D eigenvalue weighted by atomic mass is 79.9. The van der Waals surface area contributed by atoms with Gasteiger partial charge < -0.3 is 0 Å². The fraction of sp³-hybridized carbons (Fsp3) is 0.400. The van der Waals surface area contributed by atoms with Gasteiger partial charge >= 0.3 is 0 Å². The van der Waals surface area contributed by atoms with Gasteiger partial charge in [-0.15, -0.1) is 0 Å². The summed E-state index contributed by atoms with van der Waals surface area (Å²) in [5, 5.41) is 0.727. The van der Waals surface area contributed by atoms with Crippen LogP contribution in [0.1, 0.15) is 19.4 Å². The van der Waals surface area contributed by atoms with Crippen molar-refractivity contribution in [3.05, 3.63) is 29.8 Å². The van der Waals surface area contributed by atoms with E-state index < -0.39 is 10.0 Å². The van der Waals surface area contributed by atoms with Crippen LogP contribution in [0.2, 0.25) is 0 Å². The molecule has 0 aromatic heterocycles. The number of hydrogen-bond acceptors (Lipinski definition) is 2. The largest absolute Gasteiger partial charge is 0.240 e. The second kappa shape index (κ2) is 5.09. The smallest absolute Gasteiger partial charge is 0.209 e. The Morgan fingerprint density at radius 1 is 1.27 bits per heavy atom. The van der Waals surface area contributed by atoms with Crippen molar-refractivity contribution >= 4 is 26.0 Å². The van der Waals surface area contributed by atoms with E-state index in [2.05, 4.69) is 20.7 Å². The molecule has 0 aliphatic carbocycles. The zero-order valence-corrected chi connectivity index (χ0v) is 11.1. The molecule has 1 aromatic carbocycles. The standard InChI is InChI=1S/C10H14BrNO2S/c1-8(2)12-15(13,14)10-5-3-9(7-11)4-6-10/h3-6,8,12H,7H2,1-2H3. The molecule has 5 heteroatoms. The fourth-order valence-corrected chi connectivity index (χ4v) is 2.76. The molecule has 0 bridgehead atoms. The number of benzene rings is 1. The molecule has 3 nitrogen and oxygen atoms in total. The summed E-state index contributed by atoms with van der Waals surface area (Å²) < 4.78 is 26.0. The Labute approximate surface area is 99.1 Å². The zero-order valence-electron chi connectivity index (χ0n) is 8.70. The van der Waals surface area contributed by atoms with Crippen LogP contribution in [-0.4, -0.2) is 14.5 Å². The number of halogens is 1. The van der Waals surface area contributed by atoms with Gasteiger partial charge in [-0.1, -0.05) is 28.1 Å². The van der Waals surface area contributed by atoms with E-state index in [1.165, 1.54) is 0 Å². The molecular weight excluding hydrogens is 278 g/mol. The molecule has 0 aliphatic rings. The van der Waals surface area contributed by atoms with Crippen molar-refractivity contribution in [3.63, 3.8) is 0 Å². The van der Waals surface area contributed by atoms with Gasteiger partial charge in [-0.05, 0) is 31.5 Å². The van der Waals surface area contributed by atoms with Gasteiger partial charge in [-0.3, -0.25) is 0 Å². The second-order valence-electron chi connectivity index (χ2n) is 3.55. The topological polar surface area (TPSA) is 46.2 Å². The molecule has 0 spiro atoms. The second-order valence-corrected chi connectivity index (χ2v) is 5.83. The predicted molar refractivity (Wildman–Crippen MR) is 64.5 cm³/mol. The van der Waals surface area contributed by atoms with Crippen molar-refractivity contribution < 1.29 is 8.42 Å². The molecule has 0 heterocycles. The zero-order chi connectivity index (χ0) is 11.5. The van der Waals surface area contributed by atoms with Crippen LogP contribution in [-0.2, 0) is 15.4 Å². The maximum Gasteiger partial charge on any atom is 0.240 e. The molecule has 1 aromatic rings. The van der Waals surface area contributed by atoms with Gasteiger partial charge in [-0.25, -0.2) is 13.1 Å². The van der Waals surface area contributed by atoms with Crippen LogP contribution in [0.3, 0.4) is 0 Å². The van der Waals surface area contributed by atoms with Gasteiger partial charge in [0.05, 0.1) is 4.90 Å². The van der Waals surface area contributed by atoms with Crippen molar-refractivity contribution in [2.75, 3.05) is 0 Å². The van der Waals surface area contributed by atoms with Gasteiger partial charge in [0.2, 0.25) is 10.0 Å². The molecule has 0 aliphatic heterocycles. The predicted octanol–water partition coefficient (Wildman–Crippen LogP) is 2.27. The van der Waals surface area contributed by atoms with Gasteiger partial charge in [0.15, 0.2) is 0 Å². The summed E-state index contributed by atoms with van der Waals surface area (Å²) in [7, 11) is -3.35. The average molecular weight is 292 g/mol. The fourth-order valence-electron chi connectivity index (χ4n) is 1.14. The first kappa shape index (κ1) is 12.7. The third-order valence-electron chi connectivity index (χ3n) is 1.78. The van der Waals surface area contributed by atoms with Crippen molar-refractivity contribution in [2.24, 2.45) is 0 Å². The molecule has 15 heavy (non-hydrogen) atoms. The Morgan fingerprint density at radius 3 is 2.20 bits per heavy atom. The van der Waals surface area contributed by atoms with Crippen molar-refractivity contribution in [3.8, 4) is 0 Å². The maximum absolute atomic E-state index is 11.7. The lowest BCUT2D eigenvalue weighted by Gasteiger charge is -2.09. The molecule has 0 atom stereocenters. The van der Waals surface area contributed by atoms with E-state index in [1.54, 1.807) is 38.1 Å².